The van der Waals surface area contributed by atoms with Crippen molar-refractivity contribution in [2.24, 2.45) is 0 Å². The Labute approximate surface area is 188 Å². The van der Waals surface area contributed by atoms with E-state index in [0.717, 1.165) is 30.6 Å². The number of halogens is 2. The molecule has 9 heteroatoms. The Kier molecular flexibility index (Phi) is 8.87. The van der Waals surface area contributed by atoms with Gasteiger partial charge >= 0.3 is 0 Å². The lowest BCUT2D eigenvalue weighted by Gasteiger charge is -2.33. The summed E-state index contributed by atoms with van der Waals surface area (Å²) >= 11 is 12.3. The van der Waals surface area contributed by atoms with Crippen molar-refractivity contribution in [1.29, 1.82) is 0 Å². The van der Waals surface area contributed by atoms with Gasteiger partial charge in [0.2, 0.25) is 6.41 Å². The van der Waals surface area contributed by atoms with Crippen LogP contribution in [-0.4, -0.2) is 60.9 Å². The number of rotatable bonds is 8. The molecule has 0 spiro atoms. The molecule has 30 heavy (non-hydrogen) atoms. The maximum atomic E-state index is 13.0. The predicted octanol–water partition coefficient (Wildman–Crippen LogP) is 3.28. The number of benzene rings is 1. The molecule has 0 radical (unpaired) electrons. The minimum absolute atomic E-state index is 0.184. The molecule has 2 N–H and O–H groups in total. The summed E-state index contributed by atoms with van der Waals surface area (Å²) in [4.78, 5) is 29.6. The molecule has 1 heterocycles. The Bertz CT molecular complexity index is 841. The summed E-state index contributed by atoms with van der Waals surface area (Å²) in [5.41, 5.74) is 2.08. The molecule has 0 aromatic heterocycles. The van der Waals surface area contributed by atoms with Crippen LogP contribution in [0.5, 0.6) is 0 Å². The standard InChI is InChI=1S/C21H29Cl2N5O2/c1-5-9-26(3)21(30)19-20(27(4)14-29)24-12-18(28(10-6-2)13-25-19)15-7-8-16(22)17(23)11-15/h7-8,11-12,14,24-25H,5-6,9-10,13H2,1-4H3/b18-12-,20-19+. The fourth-order valence-electron chi connectivity index (χ4n) is 3.17. The van der Waals surface area contributed by atoms with Gasteiger partial charge in [-0.1, -0.05) is 43.1 Å². The minimum atomic E-state index is -0.184. The molecule has 0 bridgehead atoms. The third-order valence-electron chi connectivity index (χ3n) is 4.71. The van der Waals surface area contributed by atoms with Crippen LogP contribution in [0.4, 0.5) is 0 Å². The average molecular weight is 454 g/mol. The molecule has 1 aromatic carbocycles. The highest BCUT2D eigenvalue weighted by Crippen LogP contribution is 2.28. The number of carbonyl (C=O) groups is 2. The molecule has 1 aromatic rings. The Morgan fingerprint density at radius 2 is 1.93 bits per heavy atom. The highest BCUT2D eigenvalue weighted by Gasteiger charge is 2.25. The average Bonchev–Trinajstić information content (AvgIpc) is 2.72. The first-order valence-corrected chi connectivity index (χ1v) is 10.7. The fourth-order valence-corrected chi connectivity index (χ4v) is 3.47. The third-order valence-corrected chi connectivity index (χ3v) is 5.45. The highest BCUT2D eigenvalue weighted by molar-refractivity contribution is 6.42. The van der Waals surface area contributed by atoms with E-state index < -0.39 is 0 Å². The SMILES string of the molecule is CCCN(C)C(=O)/C1=C(\N(C)C=O)N/C=C(/c2ccc(Cl)c(Cl)c2)N(CCC)CN1. The monoisotopic (exact) mass is 453 g/mol. The number of nitrogens with zero attached hydrogens (tertiary/aromatic N) is 3. The lowest BCUT2D eigenvalue weighted by Crippen LogP contribution is -2.45. The van der Waals surface area contributed by atoms with Gasteiger partial charge in [-0.2, -0.15) is 0 Å². The summed E-state index contributed by atoms with van der Waals surface area (Å²) in [5.74, 6) is 0.197. The topological polar surface area (TPSA) is 67.9 Å². The lowest BCUT2D eigenvalue weighted by atomic mass is 10.1. The lowest BCUT2D eigenvalue weighted by molar-refractivity contribution is -0.126. The molecule has 2 rings (SSSR count). The smallest absolute Gasteiger partial charge is 0.273 e. The molecule has 1 aliphatic heterocycles. The number of hydrogen-bond donors (Lipinski definition) is 2. The Hall–Kier alpha value is -2.38. The third kappa shape index (κ3) is 5.61. The summed E-state index contributed by atoms with van der Waals surface area (Å²) in [6, 6.07) is 5.44. The van der Waals surface area contributed by atoms with Crippen molar-refractivity contribution < 1.29 is 9.59 Å². The summed E-state index contributed by atoms with van der Waals surface area (Å²) in [7, 11) is 3.35. The molecule has 0 saturated heterocycles. The van der Waals surface area contributed by atoms with E-state index in [2.05, 4.69) is 22.5 Å². The van der Waals surface area contributed by atoms with Crippen LogP contribution >= 0.6 is 23.2 Å². The maximum absolute atomic E-state index is 13.0. The Balaban J connectivity index is 2.53. The van der Waals surface area contributed by atoms with Crippen molar-refractivity contribution in [2.45, 2.75) is 26.7 Å². The van der Waals surface area contributed by atoms with Crippen molar-refractivity contribution >= 4 is 41.2 Å². The van der Waals surface area contributed by atoms with Crippen molar-refractivity contribution in [3.63, 3.8) is 0 Å². The van der Waals surface area contributed by atoms with Crippen molar-refractivity contribution in [2.75, 3.05) is 33.9 Å². The molecule has 0 aliphatic carbocycles. The van der Waals surface area contributed by atoms with E-state index in [9.17, 15) is 9.59 Å². The predicted molar refractivity (Wildman–Crippen MR) is 121 cm³/mol. The van der Waals surface area contributed by atoms with Gasteiger partial charge in [0.25, 0.3) is 5.91 Å². The number of carbonyl (C=O) groups excluding carboxylic acids is 2. The van der Waals surface area contributed by atoms with Crippen LogP contribution in [0, 0.1) is 0 Å². The van der Waals surface area contributed by atoms with E-state index in [1.54, 1.807) is 37.3 Å². The molecule has 1 aliphatic rings. The maximum Gasteiger partial charge on any atom is 0.273 e. The van der Waals surface area contributed by atoms with E-state index in [-0.39, 0.29) is 5.91 Å². The van der Waals surface area contributed by atoms with E-state index >= 15 is 0 Å². The molecule has 7 nitrogen and oxygen atoms in total. The van der Waals surface area contributed by atoms with Crippen LogP contribution in [0.2, 0.25) is 10.0 Å². The number of amides is 2. The van der Waals surface area contributed by atoms with E-state index in [4.69, 9.17) is 23.2 Å². The van der Waals surface area contributed by atoms with Crippen molar-refractivity contribution in [1.82, 2.24) is 25.3 Å². The summed E-state index contributed by atoms with van der Waals surface area (Å²) in [5, 5.41) is 7.33. The number of hydrogen-bond acceptors (Lipinski definition) is 5. The number of likely N-dealkylation sites (N-methyl/N-ethyl adjacent to an activating group) is 1. The zero-order chi connectivity index (χ0) is 22.3. The molecule has 0 saturated carbocycles. The normalized spacial score (nSPS) is 18.3. The number of nitrogens with one attached hydrogen (secondary N) is 2. The summed E-state index contributed by atoms with van der Waals surface area (Å²) in [6.45, 7) is 5.85. The van der Waals surface area contributed by atoms with Gasteiger partial charge in [0.05, 0.1) is 22.4 Å². The van der Waals surface area contributed by atoms with E-state index in [1.165, 1.54) is 4.90 Å². The Morgan fingerprint density at radius 3 is 2.53 bits per heavy atom. The molecule has 0 unspecified atom stereocenters. The van der Waals surface area contributed by atoms with Gasteiger partial charge in [0, 0.05) is 38.9 Å². The van der Waals surface area contributed by atoms with Gasteiger partial charge in [0.15, 0.2) is 0 Å². The fraction of sp³-hybridized carbons (Fsp3) is 0.429. The molecule has 2 amide bonds. The second-order valence-corrected chi connectivity index (χ2v) is 7.88. The zero-order valence-corrected chi connectivity index (χ0v) is 19.3. The quantitative estimate of drug-likeness (QED) is 0.591. The van der Waals surface area contributed by atoms with Crippen LogP contribution in [0.1, 0.15) is 32.3 Å². The molecule has 0 atom stereocenters. The second-order valence-electron chi connectivity index (χ2n) is 7.07. The molecule has 164 valence electrons. The molecule has 0 fully saturated rings. The van der Waals surface area contributed by atoms with Gasteiger partial charge in [-0.15, -0.1) is 0 Å². The van der Waals surface area contributed by atoms with Crippen LogP contribution in [0.15, 0.2) is 35.9 Å². The van der Waals surface area contributed by atoms with Gasteiger partial charge < -0.3 is 25.3 Å². The molecular formula is C21H29Cl2N5O2. The zero-order valence-electron chi connectivity index (χ0n) is 17.8. The minimum Gasteiger partial charge on any atom is -0.360 e. The first-order chi connectivity index (χ1) is 14.3. The van der Waals surface area contributed by atoms with Gasteiger partial charge in [-0.3, -0.25) is 9.59 Å². The van der Waals surface area contributed by atoms with Crippen LogP contribution < -0.4 is 10.6 Å². The van der Waals surface area contributed by atoms with E-state index in [1.807, 2.05) is 13.0 Å². The van der Waals surface area contributed by atoms with Crippen LogP contribution in [-0.2, 0) is 9.59 Å². The first kappa shape index (κ1) is 23.9. The van der Waals surface area contributed by atoms with Crippen LogP contribution in [0.25, 0.3) is 5.70 Å². The molecular weight excluding hydrogens is 425 g/mol. The summed E-state index contributed by atoms with van der Waals surface area (Å²) < 4.78 is 0. The van der Waals surface area contributed by atoms with Gasteiger partial charge in [0.1, 0.15) is 11.5 Å². The first-order valence-electron chi connectivity index (χ1n) is 9.92. The van der Waals surface area contributed by atoms with Crippen molar-refractivity contribution in [3.05, 3.63) is 51.5 Å². The Morgan fingerprint density at radius 1 is 1.20 bits per heavy atom. The highest BCUT2D eigenvalue weighted by atomic mass is 35.5. The van der Waals surface area contributed by atoms with Crippen molar-refractivity contribution in [3.8, 4) is 0 Å². The second kappa shape index (κ2) is 11.1. The van der Waals surface area contributed by atoms with Gasteiger partial charge in [-0.25, -0.2) is 0 Å². The van der Waals surface area contributed by atoms with Gasteiger partial charge in [-0.05, 0) is 25.0 Å². The largest absolute Gasteiger partial charge is 0.360 e. The van der Waals surface area contributed by atoms with E-state index in [0.29, 0.717) is 41.2 Å². The summed E-state index contributed by atoms with van der Waals surface area (Å²) in [6.07, 6.45) is 4.20. The van der Waals surface area contributed by atoms with Crippen LogP contribution in [0.3, 0.4) is 0 Å².